The molecule has 0 unspecified atom stereocenters. The van der Waals surface area contributed by atoms with Gasteiger partial charge in [0.25, 0.3) is 0 Å². The summed E-state index contributed by atoms with van der Waals surface area (Å²) in [5, 5.41) is 8.79. The maximum absolute atomic E-state index is 5.64. The Morgan fingerprint density at radius 1 is 1.27 bits per heavy atom. The second kappa shape index (κ2) is 4.08. The molecule has 15 heavy (non-hydrogen) atoms. The molecule has 2 aromatic rings. The minimum Gasteiger partial charge on any atom is -0.346 e. The van der Waals surface area contributed by atoms with Crippen molar-refractivity contribution in [2.24, 2.45) is 0 Å². The zero-order valence-electron chi connectivity index (χ0n) is 8.18. The highest BCUT2D eigenvalue weighted by atomic mass is 35.5. The van der Waals surface area contributed by atoms with Crippen LogP contribution in [0.5, 0.6) is 0 Å². The van der Waals surface area contributed by atoms with Gasteiger partial charge in [0, 0.05) is 14.1 Å². The number of aromatic nitrogens is 4. The third-order valence-electron chi connectivity index (χ3n) is 1.67. The SMILES string of the molecule is CN(C)c1nsc(-c2ccc(Cl)nn2)n1. The summed E-state index contributed by atoms with van der Waals surface area (Å²) in [6, 6.07) is 3.45. The second-order valence-corrected chi connectivity index (χ2v) is 4.17. The minimum atomic E-state index is 0.371. The summed E-state index contributed by atoms with van der Waals surface area (Å²) < 4.78 is 4.17. The topological polar surface area (TPSA) is 54.8 Å². The van der Waals surface area contributed by atoms with Crippen LogP contribution in [0.15, 0.2) is 12.1 Å². The van der Waals surface area contributed by atoms with Gasteiger partial charge in [-0.1, -0.05) is 11.6 Å². The van der Waals surface area contributed by atoms with Crippen LogP contribution in [0.25, 0.3) is 10.7 Å². The van der Waals surface area contributed by atoms with Crippen LogP contribution in [-0.2, 0) is 0 Å². The normalized spacial score (nSPS) is 10.3. The van der Waals surface area contributed by atoms with Crippen molar-refractivity contribution < 1.29 is 0 Å². The van der Waals surface area contributed by atoms with Crippen LogP contribution >= 0.6 is 23.1 Å². The number of hydrogen-bond acceptors (Lipinski definition) is 6. The van der Waals surface area contributed by atoms with Crippen molar-refractivity contribution in [3.63, 3.8) is 0 Å². The fourth-order valence-corrected chi connectivity index (χ4v) is 1.73. The highest BCUT2D eigenvalue weighted by molar-refractivity contribution is 7.09. The number of halogens is 1. The molecule has 0 fully saturated rings. The van der Waals surface area contributed by atoms with Crippen molar-refractivity contribution in [2.45, 2.75) is 0 Å². The molecule has 0 spiro atoms. The maximum Gasteiger partial charge on any atom is 0.237 e. The molecular weight excluding hydrogens is 234 g/mol. The molecule has 0 aliphatic carbocycles. The summed E-state index contributed by atoms with van der Waals surface area (Å²) in [6.45, 7) is 0. The van der Waals surface area contributed by atoms with Gasteiger partial charge >= 0.3 is 0 Å². The maximum atomic E-state index is 5.64. The van der Waals surface area contributed by atoms with E-state index in [1.165, 1.54) is 11.5 Å². The molecule has 0 amide bonds. The largest absolute Gasteiger partial charge is 0.346 e. The highest BCUT2D eigenvalue weighted by Gasteiger charge is 2.09. The van der Waals surface area contributed by atoms with E-state index in [1.807, 2.05) is 19.0 Å². The summed E-state index contributed by atoms with van der Waals surface area (Å²) in [7, 11) is 3.78. The standard InChI is InChI=1S/C8H8ClN5S/c1-14(2)8-10-7(15-13-8)5-3-4-6(9)12-11-5/h3-4H,1-2H3. The lowest BCUT2D eigenvalue weighted by Crippen LogP contribution is -2.09. The van der Waals surface area contributed by atoms with Gasteiger partial charge in [0.05, 0.1) is 0 Å². The average Bonchev–Trinajstić information content (AvgIpc) is 2.68. The first kappa shape index (κ1) is 10.3. The third kappa shape index (κ3) is 2.21. The van der Waals surface area contributed by atoms with Gasteiger partial charge in [-0.2, -0.15) is 9.36 Å². The Labute approximate surface area is 95.9 Å². The molecule has 0 radical (unpaired) electrons. The first-order chi connectivity index (χ1) is 7.16. The molecule has 0 N–H and O–H groups in total. The summed E-state index contributed by atoms with van der Waals surface area (Å²) in [4.78, 5) is 6.13. The van der Waals surface area contributed by atoms with E-state index in [4.69, 9.17) is 11.6 Å². The molecule has 0 bridgehead atoms. The number of anilines is 1. The molecular formula is C8H8ClN5S. The van der Waals surface area contributed by atoms with Gasteiger partial charge in [-0.3, -0.25) is 0 Å². The minimum absolute atomic E-state index is 0.371. The van der Waals surface area contributed by atoms with Crippen molar-refractivity contribution in [3.8, 4) is 10.7 Å². The summed E-state index contributed by atoms with van der Waals surface area (Å²) in [6.07, 6.45) is 0. The van der Waals surface area contributed by atoms with Crippen molar-refractivity contribution in [3.05, 3.63) is 17.3 Å². The number of hydrogen-bond donors (Lipinski definition) is 0. The molecule has 0 aliphatic rings. The third-order valence-corrected chi connectivity index (χ3v) is 2.60. The molecule has 5 nitrogen and oxygen atoms in total. The summed E-state index contributed by atoms with van der Waals surface area (Å²) in [5.74, 6) is 0.673. The van der Waals surface area contributed by atoms with Crippen LogP contribution in [-0.4, -0.2) is 33.7 Å². The van der Waals surface area contributed by atoms with Crippen LogP contribution < -0.4 is 4.90 Å². The Morgan fingerprint density at radius 3 is 2.60 bits per heavy atom. The van der Waals surface area contributed by atoms with Crippen LogP contribution in [0.1, 0.15) is 0 Å². The fourth-order valence-electron chi connectivity index (χ4n) is 0.931. The molecule has 2 rings (SSSR count). The Hall–Kier alpha value is -1.27. The quantitative estimate of drug-likeness (QED) is 0.801. The Morgan fingerprint density at radius 2 is 2.07 bits per heavy atom. The van der Waals surface area contributed by atoms with Crippen LogP contribution in [0, 0.1) is 0 Å². The zero-order valence-corrected chi connectivity index (χ0v) is 9.75. The molecule has 0 atom stereocenters. The monoisotopic (exact) mass is 241 g/mol. The number of rotatable bonds is 2. The first-order valence-corrected chi connectivity index (χ1v) is 5.32. The van der Waals surface area contributed by atoms with E-state index in [1.54, 1.807) is 12.1 Å². The lowest BCUT2D eigenvalue weighted by molar-refractivity contribution is 1.02. The van der Waals surface area contributed by atoms with Crippen molar-refractivity contribution in [2.75, 3.05) is 19.0 Å². The molecule has 0 aromatic carbocycles. The predicted octanol–water partition coefficient (Wildman–Crippen LogP) is 1.71. The number of nitrogens with zero attached hydrogens (tertiary/aromatic N) is 5. The zero-order chi connectivity index (χ0) is 10.8. The van der Waals surface area contributed by atoms with Gasteiger partial charge in [0.2, 0.25) is 5.95 Å². The van der Waals surface area contributed by atoms with E-state index >= 15 is 0 Å². The fraction of sp³-hybridized carbons (Fsp3) is 0.250. The highest BCUT2D eigenvalue weighted by Crippen LogP contribution is 2.21. The molecule has 2 heterocycles. The van der Waals surface area contributed by atoms with Gasteiger partial charge in [-0.05, 0) is 23.7 Å². The average molecular weight is 242 g/mol. The van der Waals surface area contributed by atoms with Crippen LogP contribution in [0.4, 0.5) is 5.95 Å². The summed E-state index contributed by atoms with van der Waals surface area (Å²) in [5.41, 5.74) is 0.685. The smallest absolute Gasteiger partial charge is 0.237 e. The van der Waals surface area contributed by atoms with Crippen LogP contribution in [0.3, 0.4) is 0 Å². The Bertz CT molecular complexity index is 452. The van der Waals surface area contributed by atoms with E-state index in [0.717, 1.165) is 5.01 Å². The van der Waals surface area contributed by atoms with E-state index in [2.05, 4.69) is 19.6 Å². The van der Waals surface area contributed by atoms with Crippen molar-refractivity contribution in [1.82, 2.24) is 19.6 Å². The molecule has 78 valence electrons. The lowest BCUT2D eigenvalue weighted by Gasteiger charge is -2.03. The van der Waals surface area contributed by atoms with Gasteiger partial charge in [0.1, 0.15) is 5.69 Å². The molecule has 2 aromatic heterocycles. The lowest BCUT2D eigenvalue weighted by atomic mass is 10.4. The van der Waals surface area contributed by atoms with Gasteiger partial charge in [-0.25, -0.2) is 0 Å². The molecule has 0 saturated carbocycles. The second-order valence-electron chi connectivity index (χ2n) is 3.04. The van der Waals surface area contributed by atoms with E-state index in [9.17, 15) is 0 Å². The van der Waals surface area contributed by atoms with E-state index in [-0.39, 0.29) is 0 Å². The Kier molecular flexibility index (Phi) is 2.79. The van der Waals surface area contributed by atoms with Gasteiger partial charge in [0.15, 0.2) is 10.2 Å². The van der Waals surface area contributed by atoms with Crippen molar-refractivity contribution >= 4 is 29.1 Å². The molecule has 7 heteroatoms. The van der Waals surface area contributed by atoms with Crippen LogP contribution in [0.2, 0.25) is 5.15 Å². The Balaban J connectivity index is 2.33. The molecule has 0 saturated heterocycles. The van der Waals surface area contributed by atoms with E-state index < -0.39 is 0 Å². The summed E-state index contributed by atoms with van der Waals surface area (Å²) >= 11 is 6.93. The van der Waals surface area contributed by atoms with Gasteiger partial charge < -0.3 is 4.90 Å². The molecule has 0 aliphatic heterocycles. The van der Waals surface area contributed by atoms with Crippen molar-refractivity contribution in [1.29, 1.82) is 0 Å². The van der Waals surface area contributed by atoms with E-state index in [0.29, 0.717) is 16.8 Å². The van der Waals surface area contributed by atoms with Gasteiger partial charge in [-0.15, -0.1) is 10.2 Å². The first-order valence-electron chi connectivity index (χ1n) is 4.17. The predicted molar refractivity (Wildman–Crippen MR) is 60.3 cm³/mol.